The van der Waals surface area contributed by atoms with Crippen molar-refractivity contribution in [3.63, 3.8) is 0 Å². The van der Waals surface area contributed by atoms with Crippen molar-refractivity contribution in [2.75, 3.05) is 0 Å². The van der Waals surface area contributed by atoms with Gasteiger partial charge in [-0.2, -0.15) is 0 Å². The molecule has 0 aliphatic rings. The van der Waals surface area contributed by atoms with E-state index in [0.29, 0.717) is 11.6 Å². The van der Waals surface area contributed by atoms with Crippen molar-refractivity contribution >= 4 is 53.6 Å². The van der Waals surface area contributed by atoms with Gasteiger partial charge in [-0.15, -0.1) is 11.3 Å². The molecule has 0 atom stereocenters. The predicted molar refractivity (Wildman–Crippen MR) is 230 cm³/mol. The van der Waals surface area contributed by atoms with Gasteiger partial charge >= 0.3 is 0 Å². The highest BCUT2D eigenvalue weighted by molar-refractivity contribution is 7.25. The first kappa shape index (κ1) is 32.1. The molecule has 0 N–H and O–H groups in total. The molecule has 11 rings (SSSR count). The predicted octanol–water partition coefficient (Wildman–Crippen LogP) is 12.5. The molecule has 0 fully saturated rings. The summed E-state index contributed by atoms with van der Waals surface area (Å²) in [7, 11) is 0. The summed E-state index contributed by atoms with van der Waals surface area (Å²) in [5, 5.41) is 3.50. The molecular formula is C49H30N6S. The summed E-state index contributed by atoms with van der Waals surface area (Å²) in [6.45, 7) is 0. The lowest BCUT2D eigenvalue weighted by Crippen LogP contribution is -1.97. The first-order valence-electron chi connectivity index (χ1n) is 18.5. The van der Waals surface area contributed by atoms with Crippen LogP contribution in [0.2, 0.25) is 0 Å². The Morgan fingerprint density at radius 3 is 1.71 bits per heavy atom. The monoisotopic (exact) mass is 734 g/mol. The van der Waals surface area contributed by atoms with E-state index in [-0.39, 0.29) is 0 Å². The number of thiophene rings is 1. The lowest BCUT2D eigenvalue weighted by atomic mass is 10.0. The Labute approximate surface area is 326 Å². The van der Waals surface area contributed by atoms with Crippen LogP contribution in [-0.4, -0.2) is 29.5 Å². The molecule has 0 spiro atoms. The molecule has 5 aromatic heterocycles. The summed E-state index contributed by atoms with van der Waals surface area (Å²) in [6.07, 6.45) is 3.85. The summed E-state index contributed by atoms with van der Waals surface area (Å²) >= 11 is 1.62. The molecule has 0 radical (unpaired) electrons. The van der Waals surface area contributed by atoms with Gasteiger partial charge in [0.15, 0.2) is 11.6 Å². The molecule has 7 heteroatoms. The van der Waals surface area contributed by atoms with Gasteiger partial charge in [0.25, 0.3) is 0 Å². The molecule has 0 unspecified atom stereocenters. The van der Waals surface area contributed by atoms with E-state index in [1.165, 1.54) is 21.8 Å². The maximum absolute atomic E-state index is 5.15. The molecule has 6 nitrogen and oxygen atoms in total. The lowest BCUT2D eigenvalue weighted by molar-refractivity contribution is 1.16. The first-order chi connectivity index (χ1) is 27.7. The minimum absolute atomic E-state index is 0.681. The highest BCUT2D eigenvalue weighted by Crippen LogP contribution is 2.37. The summed E-state index contributed by atoms with van der Waals surface area (Å²) in [5.74, 6) is 1.39. The van der Waals surface area contributed by atoms with E-state index in [9.17, 15) is 0 Å². The zero-order chi connectivity index (χ0) is 37.0. The summed E-state index contributed by atoms with van der Waals surface area (Å²) in [4.78, 5) is 25.7. The number of aromatic nitrogens is 6. The zero-order valence-electron chi connectivity index (χ0n) is 29.9. The minimum atomic E-state index is 0.681. The van der Waals surface area contributed by atoms with Crippen LogP contribution < -0.4 is 0 Å². The quantitative estimate of drug-likeness (QED) is 0.170. The Morgan fingerprint density at radius 2 is 1.00 bits per heavy atom. The Balaban J connectivity index is 0.988. The van der Waals surface area contributed by atoms with Crippen molar-refractivity contribution in [3.8, 4) is 62.1 Å². The Kier molecular flexibility index (Phi) is 7.57. The molecule has 0 saturated carbocycles. The molecule has 11 aromatic rings. The van der Waals surface area contributed by atoms with Crippen LogP contribution in [0.3, 0.4) is 0 Å². The molecule has 0 aliphatic carbocycles. The van der Waals surface area contributed by atoms with Gasteiger partial charge in [0.2, 0.25) is 0 Å². The number of para-hydroxylation sites is 2. The highest BCUT2D eigenvalue weighted by Gasteiger charge is 2.16. The highest BCUT2D eigenvalue weighted by atomic mass is 32.1. The third-order valence-corrected chi connectivity index (χ3v) is 11.4. The third kappa shape index (κ3) is 5.52. The lowest BCUT2D eigenvalue weighted by Gasteiger charge is -2.12. The summed E-state index contributed by atoms with van der Waals surface area (Å²) in [6, 6.07) is 59.0. The molecule has 0 aliphatic heterocycles. The number of fused-ring (bicyclic) bond motifs is 6. The second-order valence-electron chi connectivity index (χ2n) is 13.8. The van der Waals surface area contributed by atoms with Crippen molar-refractivity contribution in [3.05, 3.63) is 182 Å². The van der Waals surface area contributed by atoms with Gasteiger partial charge in [-0.25, -0.2) is 24.9 Å². The number of hydrogen-bond acceptors (Lipinski definition) is 6. The molecule has 0 saturated heterocycles. The second kappa shape index (κ2) is 13.2. The van der Waals surface area contributed by atoms with Gasteiger partial charge < -0.3 is 4.57 Å². The van der Waals surface area contributed by atoms with Crippen LogP contribution in [0.1, 0.15) is 0 Å². The second-order valence-corrected chi connectivity index (χ2v) is 14.8. The molecule has 5 heterocycles. The molecular weight excluding hydrogens is 705 g/mol. The van der Waals surface area contributed by atoms with E-state index in [1.807, 2.05) is 60.9 Å². The van der Waals surface area contributed by atoms with Gasteiger partial charge in [0, 0.05) is 62.1 Å². The standard InChI is InChI=1S/C49H30N6S/c1-3-12-33(13-4-1)47-50-30-45-46(54-47)40-27-36(29-51-49(40)56-45)31-22-24-32(25-23-31)41-28-42(53-48(52-41)34-14-5-2-6-15-34)35-16-11-17-37(26-35)55-43-20-9-7-18-38(43)39-19-8-10-21-44(39)55/h1-30H. The van der Waals surface area contributed by atoms with Crippen LogP contribution in [-0.2, 0) is 0 Å². The maximum Gasteiger partial charge on any atom is 0.160 e. The smallest absolute Gasteiger partial charge is 0.160 e. The number of rotatable bonds is 6. The molecule has 6 aromatic carbocycles. The Bertz CT molecular complexity index is 3190. The number of nitrogens with zero attached hydrogens (tertiary/aromatic N) is 6. The average Bonchev–Trinajstić information content (AvgIpc) is 3.82. The minimum Gasteiger partial charge on any atom is -0.309 e. The summed E-state index contributed by atoms with van der Waals surface area (Å²) in [5.41, 5.74) is 12.1. The van der Waals surface area contributed by atoms with E-state index in [0.717, 1.165) is 70.9 Å². The maximum atomic E-state index is 5.15. The van der Waals surface area contributed by atoms with E-state index < -0.39 is 0 Å². The zero-order valence-corrected chi connectivity index (χ0v) is 30.7. The first-order valence-corrected chi connectivity index (χ1v) is 19.3. The van der Waals surface area contributed by atoms with Crippen molar-refractivity contribution in [1.29, 1.82) is 0 Å². The Morgan fingerprint density at radius 1 is 0.393 bits per heavy atom. The van der Waals surface area contributed by atoms with Crippen molar-refractivity contribution < 1.29 is 0 Å². The molecule has 262 valence electrons. The van der Waals surface area contributed by atoms with E-state index in [1.54, 1.807) is 11.3 Å². The summed E-state index contributed by atoms with van der Waals surface area (Å²) < 4.78 is 3.36. The third-order valence-electron chi connectivity index (χ3n) is 10.4. The van der Waals surface area contributed by atoms with Gasteiger partial charge in [-0.1, -0.05) is 133 Å². The van der Waals surface area contributed by atoms with Gasteiger partial charge in [-0.3, -0.25) is 0 Å². The van der Waals surface area contributed by atoms with Crippen LogP contribution >= 0.6 is 11.3 Å². The van der Waals surface area contributed by atoms with Gasteiger partial charge in [-0.05, 0) is 42.0 Å². The van der Waals surface area contributed by atoms with Gasteiger partial charge in [0.1, 0.15) is 4.83 Å². The van der Waals surface area contributed by atoms with E-state index >= 15 is 0 Å². The fraction of sp³-hybridized carbons (Fsp3) is 0. The SMILES string of the molecule is c1ccc(-c2nc(-c3ccc(-c4cnc5sc6cnc(-c7ccccc7)nc6c5c4)cc3)cc(-c3cccc(-n4c5ccccc5c5ccccc54)c3)n2)cc1. The molecule has 0 amide bonds. The van der Waals surface area contributed by atoms with E-state index in [2.05, 4.69) is 131 Å². The van der Waals surface area contributed by atoms with Crippen LogP contribution in [0.15, 0.2) is 182 Å². The van der Waals surface area contributed by atoms with Crippen LogP contribution in [0, 0.1) is 0 Å². The van der Waals surface area contributed by atoms with Crippen LogP contribution in [0.5, 0.6) is 0 Å². The fourth-order valence-electron chi connectivity index (χ4n) is 7.63. The van der Waals surface area contributed by atoms with Gasteiger partial charge in [0.05, 0.1) is 32.6 Å². The van der Waals surface area contributed by atoms with Crippen molar-refractivity contribution in [2.24, 2.45) is 0 Å². The number of hydrogen-bond donors (Lipinski definition) is 0. The van der Waals surface area contributed by atoms with Crippen molar-refractivity contribution in [1.82, 2.24) is 29.5 Å². The Hall–Kier alpha value is -7.35. The molecule has 0 bridgehead atoms. The number of pyridine rings is 1. The number of benzene rings is 6. The molecule has 56 heavy (non-hydrogen) atoms. The topological polar surface area (TPSA) is 69.4 Å². The van der Waals surface area contributed by atoms with Crippen molar-refractivity contribution in [2.45, 2.75) is 0 Å². The van der Waals surface area contributed by atoms with Crippen LogP contribution in [0.4, 0.5) is 0 Å². The average molecular weight is 735 g/mol. The normalized spacial score (nSPS) is 11.6. The van der Waals surface area contributed by atoms with Crippen LogP contribution in [0.25, 0.3) is 104 Å². The van der Waals surface area contributed by atoms with E-state index in [4.69, 9.17) is 19.9 Å². The largest absolute Gasteiger partial charge is 0.309 e. The fourth-order valence-corrected chi connectivity index (χ4v) is 8.56.